The van der Waals surface area contributed by atoms with Gasteiger partial charge in [0.2, 0.25) is 0 Å². The van der Waals surface area contributed by atoms with Gasteiger partial charge in [-0.15, -0.1) is 0 Å². The maximum atomic E-state index is 14.1. The first-order chi connectivity index (χ1) is 9.95. The van der Waals surface area contributed by atoms with Crippen molar-refractivity contribution in [3.05, 3.63) is 58.1 Å². The molecule has 0 aromatic heterocycles. The molecule has 0 aliphatic rings. The summed E-state index contributed by atoms with van der Waals surface area (Å²) in [4.78, 5) is 0.816. The first kappa shape index (κ1) is 16.5. The lowest BCUT2D eigenvalue weighted by Gasteiger charge is -2.11. The molecule has 0 radical (unpaired) electrons. The van der Waals surface area contributed by atoms with Crippen molar-refractivity contribution in [2.24, 2.45) is 0 Å². The largest absolute Gasteiger partial charge is 0.310 e. The SMILES string of the molecule is CC(C)NCc1cc(F)c(Sc2cccc(Br)c2)c(F)c1. The summed E-state index contributed by atoms with van der Waals surface area (Å²) in [5.74, 6) is -1.05. The summed E-state index contributed by atoms with van der Waals surface area (Å²) in [6.07, 6.45) is 0. The van der Waals surface area contributed by atoms with E-state index in [0.717, 1.165) is 21.1 Å². The first-order valence-electron chi connectivity index (χ1n) is 6.60. The third-order valence-corrected chi connectivity index (χ3v) is 4.37. The van der Waals surface area contributed by atoms with Gasteiger partial charge < -0.3 is 5.32 Å². The number of benzene rings is 2. The molecule has 0 bridgehead atoms. The molecule has 1 nitrogen and oxygen atoms in total. The molecule has 0 unspecified atom stereocenters. The lowest BCUT2D eigenvalue weighted by molar-refractivity contribution is 0.529. The van der Waals surface area contributed by atoms with Crippen molar-refractivity contribution in [1.82, 2.24) is 5.32 Å². The van der Waals surface area contributed by atoms with Gasteiger partial charge in [0.05, 0.1) is 4.90 Å². The maximum absolute atomic E-state index is 14.1. The zero-order valence-electron chi connectivity index (χ0n) is 11.8. The second-order valence-electron chi connectivity index (χ2n) is 4.98. The van der Waals surface area contributed by atoms with Gasteiger partial charge in [0.25, 0.3) is 0 Å². The molecule has 2 rings (SSSR count). The molecule has 0 spiro atoms. The standard InChI is InChI=1S/C16H16BrF2NS/c1-10(2)20-9-11-6-14(18)16(15(19)7-11)21-13-5-3-4-12(17)8-13/h3-8,10,20H,9H2,1-2H3. The van der Waals surface area contributed by atoms with Crippen molar-refractivity contribution in [3.8, 4) is 0 Å². The monoisotopic (exact) mass is 371 g/mol. The molecule has 5 heteroatoms. The second kappa shape index (κ2) is 7.38. The topological polar surface area (TPSA) is 12.0 Å². The van der Waals surface area contributed by atoms with Crippen LogP contribution in [0.4, 0.5) is 8.78 Å². The third-order valence-electron chi connectivity index (χ3n) is 2.79. The summed E-state index contributed by atoms with van der Waals surface area (Å²) >= 11 is 4.44. The molecule has 0 saturated heterocycles. The fraction of sp³-hybridized carbons (Fsp3) is 0.250. The van der Waals surface area contributed by atoms with Crippen LogP contribution in [0.3, 0.4) is 0 Å². The quantitative estimate of drug-likeness (QED) is 0.757. The summed E-state index contributed by atoms with van der Waals surface area (Å²) in [6, 6.07) is 10.4. The Morgan fingerprint density at radius 3 is 2.38 bits per heavy atom. The van der Waals surface area contributed by atoms with Gasteiger partial charge in [-0.05, 0) is 35.9 Å². The van der Waals surface area contributed by atoms with Crippen LogP contribution in [0.15, 0.2) is 50.7 Å². The third kappa shape index (κ3) is 4.80. The summed E-state index contributed by atoms with van der Waals surface area (Å²) in [7, 11) is 0. The minimum atomic E-state index is -0.527. The van der Waals surface area contributed by atoms with Crippen molar-refractivity contribution in [2.75, 3.05) is 0 Å². The summed E-state index contributed by atoms with van der Waals surface area (Å²) in [6.45, 7) is 4.43. The normalized spacial score (nSPS) is 11.1. The van der Waals surface area contributed by atoms with E-state index in [1.165, 1.54) is 12.1 Å². The smallest absolute Gasteiger partial charge is 0.140 e. The fourth-order valence-corrected chi connectivity index (χ4v) is 3.21. The zero-order chi connectivity index (χ0) is 15.4. The molecule has 1 N–H and O–H groups in total. The van der Waals surface area contributed by atoms with Crippen LogP contribution in [0.5, 0.6) is 0 Å². The van der Waals surface area contributed by atoms with E-state index in [4.69, 9.17) is 0 Å². The molecule has 2 aromatic carbocycles. The molecule has 112 valence electrons. The zero-order valence-corrected chi connectivity index (χ0v) is 14.2. The fourth-order valence-electron chi connectivity index (χ4n) is 1.78. The van der Waals surface area contributed by atoms with Gasteiger partial charge in [-0.25, -0.2) is 8.78 Å². The molecule has 0 aliphatic heterocycles. The van der Waals surface area contributed by atoms with Gasteiger partial charge in [-0.1, -0.05) is 47.6 Å². The summed E-state index contributed by atoms with van der Waals surface area (Å²) in [5, 5.41) is 3.15. The van der Waals surface area contributed by atoms with Crippen molar-refractivity contribution in [1.29, 1.82) is 0 Å². The average molecular weight is 372 g/mol. The number of hydrogen-bond donors (Lipinski definition) is 1. The highest BCUT2D eigenvalue weighted by Gasteiger charge is 2.13. The second-order valence-corrected chi connectivity index (χ2v) is 6.98. The van der Waals surface area contributed by atoms with E-state index in [1.807, 2.05) is 38.1 Å². The van der Waals surface area contributed by atoms with Gasteiger partial charge in [0.15, 0.2) is 0 Å². The highest BCUT2D eigenvalue weighted by atomic mass is 79.9. The molecule has 0 heterocycles. The Hall–Kier alpha value is -0.910. The maximum Gasteiger partial charge on any atom is 0.140 e. The number of halogens is 3. The molecular weight excluding hydrogens is 356 g/mol. The van der Waals surface area contributed by atoms with Crippen LogP contribution in [0.1, 0.15) is 19.4 Å². The van der Waals surface area contributed by atoms with Gasteiger partial charge in [0.1, 0.15) is 11.6 Å². The lowest BCUT2D eigenvalue weighted by Crippen LogP contribution is -2.22. The minimum absolute atomic E-state index is 0.0291. The van der Waals surface area contributed by atoms with Crippen molar-refractivity contribution < 1.29 is 8.78 Å². The Morgan fingerprint density at radius 1 is 1.14 bits per heavy atom. The molecular formula is C16H16BrF2NS. The Bertz CT molecular complexity index is 608. The van der Waals surface area contributed by atoms with Crippen LogP contribution >= 0.6 is 27.7 Å². The molecule has 0 aliphatic carbocycles. The van der Waals surface area contributed by atoms with E-state index in [-0.39, 0.29) is 10.9 Å². The Labute approximate surface area is 136 Å². The Balaban J connectivity index is 2.21. The molecule has 2 aromatic rings. The first-order valence-corrected chi connectivity index (χ1v) is 8.21. The Morgan fingerprint density at radius 2 is 1.81 bits per heavy atom. The van der Waals surface area contributed by atoms with Gasteiger partial charge in [0, 0.05) is 22.0 Å². The van der Waals surface area contributed by atoms with Crippen LogP contribution in [0.25, 0.3) is 0 Å². The Kier molecular flexibility index (Phi) is 5.79. The van der Waals surface area contributed by atoms with E-state index in [0.29, 0.717) is 12.1 Å². The van der Waals surface area contributed by atoms with Crippen LogP contribution in [-0.4, -0.2) is 6.04 Å². The van der Waals surface area contributed by atoms with Crippen molar-refractivity contribution in [2.45, 2.75) is 36.2 Å². The summed E-state index contributed by atoms with van der Waals surface area (Å²) in [5.41, 5.74) is 0.609. The minimum Gasteiger partial charge on any atom is -0.310 e. The van der Waals surface area contributed by atoms with Crippen molar-refractivity contribution >= 4 is 27.7 Å². The number of nitrogens with one attached hydrogen (secondary N) is 1. The van der Waals surface area contributed by atoms with E-state index >= 15 is 0 Å². The highest BCUT2D eigenvalue weighted by Crippen LogP contribution is 2.33. The molecule has 0 atom stereocenters. The number of rotatable bonds is 5. The van der Waals surface area contributed by atoms with Crippen LogP contribution < -0.4 is 5.32 Å². The molecule has 0 fully saturated rings. The van der Waals surface area contributed by atoms with Gasteiger partial charge in [-0.2, -0.15) is 0 Å². The van der Waals surface area contributed by atoms with E-state index in [9.17, 15) is 8.78 Å². The van der Waals surface area contributed by atoms with Crippen LogP contribution in [-0.2, 0) is 6.54 Å². The predicted octanol–water partition coefficient (Wildman–Crippen LogP) is 5.38. The molecule has 21 heavy (non-hydrogen) atoms. The molecule has 0 amide bonds. The van der Waals surface area contributed by atoms with Crippen LogP contribution in [0, 0.1) is 11.6 Å². The van der Waals surface area contributed by atoms with Gasteiger partial charge in [-0.3, -0.25) is 0 Å². The molecule has 0 saturated carbocycles. The average Bonchev–Trinajstić information content (AvgIpc) is 2.40. The summed E-state index contributed by atoms with van der Waals surface area (Å²) < 4.78 is 29.1. The highest BCUT2D eigenvalue weighted by molar-refractivity contribution is 9.10. The lowest BCUT2D eigenvalue weighted by atomic mass is 10.2. The van der Waals surface area contributed by atoms with Gasteiger partial charge >= 0.3 is 0 Å². The van der Waals surface area contributed by atoms with E-state index < -0.39 is 11.6 Å². The van der Waals surface area contributed by atoms with E-state index in [1.54, 1.807) is 0 Å². The van der Waals surface area contributed by atoms with Crippen LogP contribution in [0.2, 0.25) is 0 Å². The van der Waals surface area contributed by atoms with Crippen molar-refractivity contribution in [3.63, 3.8) is 0 Å². The number of hydrogen-bond acceptors (Lipinski definition) is 2. The predicted molar refractivity (Wildman–Crippen MR) is 86.6 cm³/mol. The van der Waals surface area contributed by atoms with E-state index in [2.05, 4.69) is 21.2 Å².